The molecule has 0 bridgehead atoms. The third kappa shape index (κ3) is 4.98. The molecule has 1 aromatic carbocycles. The molecule has 3 aromatic heterocycles. The van der Waals surface area contributed by atoms with Gasteiger partial charge in [0.15, 0.2) is 5.16 Å². The number of thiophene rings is 2. The first-order valence-corrected chi connectivity index (χ1v) is 13.1. The van der Waals surface area contributed by atoms with Gasteiger partial charge in [0.1, 0.15) is 4.83 Å². The number of fused-ring (bicyclic) bond motifs is 1. The highest BCUT2D eigenvalue weighted by Crippen LogP contribution is 2.34. The molecule has 2 atom stereocenters. The molecule has 32 heavy (non-hydrogen) atoms. The Kier molecular flexibility index (Phi) is 7.13. The van der Waals surface area contributed by atoms with E-state index in [1.54, 1.807) is 23.0 Å². The van der Waals surface area contributed by atoms with Gasteiger partial charge in [0.25, 0.3) is 5.56 Å². The second-order valence-electron chi connectivity index (χ2n) is 7.76. The van der Waals surface area contributed by atoms with Crippen molar-refractivity contribution in [2.45, 2.75) is 43.1 Å². The minimum Gasteiger partial charge on any atom is -0.353 e. The van der Waals surface area contributed by atoms with E-state index in [1.165, 1.54) is 28.7 Å². The van der Waals surface area contributed by atoms with Crippen LogP contribution in [0.3, 0.4) is 0 Å². The predicted molar refractivity (Wildman–Crippen MR) is 136 cm³/mol. The van der Waals surface area contributed by atoms with Crippen LogP contribution in [0.25, 0.3) is 20.7 Å². The van der Waals surface area contributed by atoms with Crippen LogP contribution in [0.1, 0.15) is 25.8 Å². The molecule has 0 saturated heterocycles. The summed E-state index contributed by atoms with van der Waals surface area (Å²) in [5, 5.41) is 7.93. The maximum absolute atomic E-state index is 13.1. The number of rotatable bonds is 8. The van der Waals surface area contributed by atoms with E-state index >= 15 is 0 Å². The van der Waals surface area contributed by atoms with Gasteiger partial charge in [-0.1, -0.05) is 48.2 Å². The Morgan fingerprint density at radius 2 is 1.94 bits per heavy atom. The van der Waals surface area contributed by atoms with Crippen LogP contribution in [0.2, 0.25) is 0 Å². The van der Waals surface area contributed by atoms with E-state index in [0.717, 1.165) is 23.3 Å². The molecular formula is C24H25N3O2S3. The van der Waals surface area contributed by atoms with Crippen LogP contribution in [0.4, 0.5) is 0 Å². The second-order valence-corrected chi connectivity index (χ2v) is 10.9. The molecule has 1 amide bonds. The zero-order valence-corrected chi connectivity index (χ0v) is 20.7. The van der Waals surface area contributed by atoms with Gasteiger partial charge in [-0.3, -0.25) is 14.2 Å². The minimum atomic E-state index is -0.360. The average Bonchev–Trinajstić information content (AvgIpc) is 3.46. The van der Waals surface area contributed by atoms with Crippen LogP contribution in [0.5, 0.6) is 0 Å². The monoisotopic (exact) mass is 483 g/mol. The lowest BCUT2D eigenvalue weighted by Crippen LogP contribution is -2.38. The van der Waals surface area contributed by atoms with E-state index in [2.05, 4.69) is 17.4 Å². The van der Waals surface area contributed by atoms with Crippen LogP contribution in [-0.4, -0.2) is 26.8 Å². The number of amides is 1. The summed E-state index contributed by atoms with van der Waals surface area (Å²) in [5.41, 5.74) is 2.12. The van der Waals surface area contributed by atoms with E-state index in [-0.39, 0.29) is 22.8 Å². The van der Waals surface area contributed by atoms with E-state index in [9.17, 15) is 9.59 Å². The highest BCUT2D eigenvalue weighted by Gasteiger charge is 2.21. The van der Waals surface area contributed by atoms with Gasteiger partial charge in [-0.25, -0.2) is 4.98 Å². The van der Waals surface area contributed by atoms with Gasteiger partial charge in [-0.15, -0.1) is 22.7 Å². The Bertz CT molecular complexity index is 1260. The Balaban J connectivity index is 1.44. The molecule has 0 saturated carbocycles. The fraction of sp³-hybridized carbons (Fsp3) is 0.292. The molecule has 0 fully saturated rings. The molecule has 0 aliphatic heterocycles. The molecule has 4 aromatic rings. The summed E-state index contributed by atoms with van der Waals surface area (Å²) < 4.78 is 1.55. The number of aromatic nitrogens is 2. The van der Waals surface area contributed by atoms with E-state index in [0.29, 0.717) is 15.4 Å². The largest absolute Gasteiger partial charge is 0.353 e. The Labute approximate surface area is 199 Å². The highest BCUT2D eigenvalue weighted by molar-refractivity contribution is 8.00. The van der Waals surface area contributed by atoms with E-state index in [4.69, 9.17) is 4.98 Å². The van der Waals surface area contributed by atoms with Crippen molar-refractivity contribution in [3.05, 3.63) is 69.1 Å². The summed E-state index contributed by atoms with van der Waals surface area (Å²) in [6.07, 6.45) is 1.79. The molecule has 0 radical (unpaired) electrons. The van der Waals surface area contributed by atoms with Crippen molar-refractivity contribution in [3.63, 3.8) is 0 Å². The maximum atomic E-state index is 13.1. The molecule has 0 aliphatic rings. The van der Waals surface area contributed by atoms with Crippen molar-refractivity contribution in [1.82, 2.24) is 14.9 Å². The van der Waals surface area contributed by atoms with Gasteiger partial charge < -0.3 is 5.32 Å². The van der Waals surface area contributed by atoms with E-state index < -0.39 is 0 Å². The third-order valence-electron chi connectivity index (χ3n) is 5.31. The average molecular weight is 484 g/mol. The highest BCUT2D eigenvalue weighted by atomic mass is 32.2. The first-order valence-electron chi connectivity index (χ1n) is 10.5. The summed E-state index contributed by atoms with van der Waals surface area (Å²) in [7, 11) is 1.72. The molecule has 4 rings (SSSR count). The zero-order chi connectivity index (χ0) is 22.7. The van der Waals surface area contributed by atoms with Crippen LogP contribution < -0.4 is 10.9 Å². The number of nitrogens with zero attached hydrogens (tertiary/aromatic N) is 2. The number of hydrogen-bond acceptors (Lipinski definition) is 6. The quantitative estimate of drug-likeness (QED) is 0.271. The lowest BCUT2D eigenvalue weighted by atomic mass is 10.1. The fourth-order valence-corrected chi connectivity index (χ4v) is 6.13. The number of thioether (sulfide) groups is 1. The van der Waals surface area contributed by atoms with Crippen LogP contribution in [-0.2, 0) is 18.3 Å². The first kappa shape index (κ1) is 22.8. The van der Waals surface area contributed by atoms with Gasteiger partial charge in [0.2, 0.25) is 5.91 Å². The van der Waals surface area contributed by atoms with Gasteiger partial charge in [-0.2, -0.15) is 0 Å². The van der Waals surface area contributed by atoms with Crippen molar-refractivity contribution in [3.8, 4) is 10.4 Å². The lowest BCUT2D eigenvalue weighted by molar-refractivity contribution is -0.120. The smallest absolute Gasteiger partial charge is 0.263 e. The number of carbonyl (C=O) groups is 1. The third-order valence-corrected chi connectivity index (χ3v) is 8.23. The summed E-state index contributed by atoms with van der Waals surface area (Å²) in [4.78, 5) is 32.3. The van der Waals surface area contributed by atoms with Crippen molar-refractivity contribution in [2.24, 2.45) is 7.05 Å². The zero-order valence-electron chi connectivity index (χ0n) is 18.2. The molecule has 1 N–H and O–H groups in total. The number of carbonyl (C=O) groups excluding carboxylic acids is 1. The number of nitrogens with one attached hydrogen (secondary N) is 1. The summed E-state index contributed by atoms with van der Waals surface area (Å²) in [6, 6.07) is 14.3. The molecule has 5 nitrogen and oxygen atoms in total. The Morgan fingerprint density at radius 3 is 2.66 bits per heavy atom. The molecular weight excluding hydrogens is 458 g/mol. The maximum Gasteiger partial charge on any atom is 0.263 e. The SMILES string of the molecule is C[C@@H](CCc1ccccc1)NC(=O)[C@@H](C)Sc1nc2scc(-c3cccs3)c2c(=O)n1C. The van der Waals surface area contributed by atoms with Gasteiger partial charge in [-0.05, 0) is 43.7 Å². The number of benzene rings is 1. The van der Waals surface area contributed by atoms with E-state index in [1.807, 2.05) is 54.9 Å². The molecule has 0 spiro atoms. The molecule has 166 valence electrons. The van der Waals surface area contributed by atoms with Crippen molar-refractivity contribution in [2.75, 3.05) is 0 Å². The van der Waals surface area contributed by atoms with Crippen molar-refractivity contribution >= 4 is 50.6 Å². The summed E-state index contributed by atoms with van der Waals surface area (Å²) in [5.74, 6) is -0.0460. The number of aryl methyl sites for hydroxylation is 1. The molecule has 0 unspecified atom stereocenters. The molecule has 8 heteroatoms. The van der Waals surface area contributed by atoms with Gasteiger partial charge in [0, 0.05) is 28.9 Å². The van der Waals surface area contributed by atoms with Crippen molar-refractivity contribution in [1.29, 1.82) is 0 Å². The minimum absolute atomic E-state index is 0.0460. The molecule has 3 heterocycles. The first-order chi connectivity index (χ1) is 15.4. The summed E-state index contributed by atoms with van der Waals surface area (Å²) >= 11 is 4.40. The summed E-state index contributed by atoms with van der Waals surface area (Å²) in [6.45, 7) is 3.88. The fourth-order valence-electron chi connectivity index (χ4n) is 3.44. The van der Waals surface area contributed by atoms with Gasteiger partial charge in [0.05, 0.1) is 10.6 Å². The lowest BCUT2D eigenvalue weighted by Gasteiger charge is -2.18. The number of hydrogen-bond donors (Lipinski definition) is 1. The van der Waals surface area contributed by atoms with Crippen LogP contribution >= 0.6 is 34.4 Å². The van der Waals surface area contributed by atoms with Gasteiger partial charge >= 0.3 is 0 Å². The Hall–Kier alpha value is -2.42. The van der Waals surface area contributed by atoms with Crippen molar-refractivity contribution < 1.29 is 4.79 Å². The van der Waals surface area contributed by atoms with Crippen LogP contribution in [0.15, 0.2) is 63.2 Å². The normalized spacial score (nSPS) is 13.2. The standard InChI is InChI=1S/C24H25N3O2S3/c1-15(11-12-17-8-5-4-6-9-17)25-21(28)16(2)32-24-26-22-20(23(29)27(24)3)18(14-31-22)19-10-7-13-30-19/h4-10,13-16H,11-12H2,1-3H3,(H,25,28)/t15-,16+/m0/s1. The van der Waals surface area contributed by atoms with Crippen LogP contribution in [0, 0.1) is 0 Å². The second kappa shape index (κ2) is 10.0. The molecule has 0 aliphatic carbocycles. The predicted octanol–water partition coefficient (Wildman–Crippen LogP) is 5.34. The topological polar surface area (TPSA) is 64.0 Å². The Morgan fingerprint density at radius 1 is 1.16 bits per heavy atom.